The van der Waals surface area contributed by atoms with Gasteiger partial charge in [-0.25, -0.2) is 0 Å². The topological polar surface area (TPSA) is 12.5 Å². The minimum absolute atomic E-state index is 0.208. The van der Waals surface area contributed by atoms with E-state index in [0.29, 0.717) is 0 Å². The Kier molecular flexibility index (Phi) is 7.89. The predicted molar refractivity (Wildman–Crippen MR) is 93.2 cm³/mol. The molecule has 0 radical (unpaired) electrons. The molecule has 0 aliphatic rings. The van der Waals surface area contributed by atoms with Gasteiger partial charge in [0.25, 0.3) is 0 Å². The van der Waals surface area contributed by atoms with Crippen LogP contribution in [0, 0.1) is 0 Å². The quantitative estimate of drug-likeness (QED) is 0.504. The highest BCUT2D eigenvalue weighted by atomic mass is 19.4. The fraction of sp³-hybridized carbons (Fsp3) is 0.474. The van der Waals surface area contributed by atoms with Gasteiger partial charge < -0.3 is 9.64 Å². The van der Waals surface area contributed by atoms with Crippen molar-refractivity contribution in [3.63, 3.8) is 0 Å². The molecule has 0 bridgehead atoms. The number of ether oxygens (including phenoxy) is 1. The molecule has 24 heavy (non-hydrogen) atoms. The molecule has 0 aliphatic heterocycles. The summed E-state index contributed by atoms with van der Waals surface area (Å²) in [5.41, 5.74) is 3.16. The van der Waals surface area contributed by atoms with Crippen molar-refractivity contribution in [2.24, 2.45) is 0 Å². The van der Waals surface area contributed by atoms with Gasteiger partial charge in [0.2, 0.25) is 0 Å². The molecular formula is C19H26F3NO. The summed E-state index contributed by atoms with van der Waals surface area (Å²) in [6.07, 6.45) is 3.66. The van der Waals surface area contributed by atoms with E-state index in [0.717, 1.165) is 37.1 Å². The van der Waals surface area contributed by atoms with Crippen LogP contribution in [0.3, 0.4) is 0 Å². The lowest BCUT2D eigenvalue weighted by Crippen LogP contribution is -2.18. The number of nitrogens with zero attached hydrogens (tertiary/aromatic N) is 1. The average Bonchev–Trinajstić information content (AvgIpc) is 2.50. The molecule has 0 saturated heterocycles. The minimum Gasteiger partial charge on any atom is -0.406 e. The second-order valence-electron chi connectivity index (χ2n) is 5.70. The van der Waals surface area contributed by atoms with Crippen molar-refractivity contribution in [1.29, 1.82) is 0 Å². The molecule has 0 unspecified atom stereocenters. The van der Waals surface area contributed by atoms with Gasteiger partial charge in [-0.1, -0.05) is 31.9 Å². The van der Waals surface area contributed by atoms with Gasteiger partial charge in [-0.15, -0.1) is 13.2 Å². The number of alkyl halides is 3. The first-order valence-electron chi connectivity index (χ1n) is 8.23. The van der Waals surface area contributed by atoms with Gasteiger partial charge in [0.05, 0.1) is 0 Å². The first-order chi connectivity index (χ1) is 11.3. The minimum atomic E-state index is -4.67. The molecule has 5 heteroatoms. The molecule has 0 aromatic heterocycles. The zero-order valence-electron chi connectivity index (χ0n) is 14.8. The summed E-state index contributed by atoms with van der Waals surface area (Å²) in [7, 11) is 1.93. The van der Waals surface area contributed by atoms with Crippen molar-refractivity contribution in [2.45, 2.75) is 52.8 Å². The average molecular weight is 341 g/mol. The van der Waals surface area contributed by atoms with Crippen LogP contribution in [0.5, 0.6) is 5.75 Å². The molecule has 1 aromatic rings. The SMILES string of the molecule is CC/C=C(C)\C=C(\CCCC)N(C)c1ccc(OC(F)(F)F)cc1. The van der Waals surface area contributed by atoms with Crippen molar-refractivity contribution in [2.75, 3.05) is 11.9 Å². The van der Waals surface area contributed by atoms with Gasteiger partial charge >= 0.3 is 6.36 Å². The van der Waals surface area contributed by atoms with Crippen molar-refractivity contribution < 1.29 is 17.9 Å². The smallest absolute Gasteiger partial charge is 0.406 e. The molecule has 134 valence electrons. The van der Waals surface area contributed by atoms with Crippen LogP contribution in [-0.4, -0.2) is 13.4 Å². The van der Waals surface area contributed by atoms with E-state index in [1.807, 2.05) is 11.9 Å². The fourth-order valence-corrected chi connectivity index (χ4v) is 2.38. The lowest BCUT2D eigenvalue weighted by atomic mass is 10.1. The molecule has 0 heterocycles. The number of hydrogen-bond acceptors (Lipinski definition) is 2. The van der Waals surface area contributed by atoms with E-state index in [1.165, 1.54) is 17.7 Å². The number of benzene rings is 1. The molecule has 2 nitrogen and oxygen atoms in total. The van der Waals surface area contributed by atoms with E-state index in [9.17, 15) is 13.2 Å². The molecular weight excluding hydrogens is 315 g/mol. The van der Waals surface area contributed by atoms with E-state index in [4.69, 9.17) is 0 Å². The summed E-state index contributed by atoms with van der Waals surface area (Å²) in [5, 5.41) is 0. The number of hydrogen-bond donors (Lipinski definition) is 0. The first-order valence-corrected chi connectivity index (χ1v) is 8.23. The van der Waals surface area contributed by atoms with Crippen molar-refractivity contribution in [3.8, 4) is 5.75 Å². The zero-order chi connectivity index (χ0) is 18.2. The van der Waals surface area contributed by atoms with Crippen LogP contribution in [0.15, 0.2) is 47.7 Å². The molecule has 1 aromatic carbocycles. The number of allylic oxidation sites excluding steroid dienone is 4. The third-order valence-electron chi connectivity index (χ3n) is 3.60. The zero-order valence-corrected chi connectivity index (χ0v) is 14.8. The summed E-state index contributed by atoms with van der Waals surface area (Å²) in [6, 6.07) is 5.95. The highest BCUT2D eigenvalue weighted by Gasteiger charge is 2.31. The second-order valence-corrected chi connectivity index (χ2v) is 5.70. The lowest BCUT2D eigenvalue weighted by Gasteiger charge is -2.24. The predicted octanol–water partition coefficient (Wildman–Crippen LogP) is 6.45. The molecule has 0 amide bonds. The van der Waals surface area contributed by atoms with Crippen LogP contribution in [0.25, 0.3) is 0 Å². The normalized spacial score (nSPS) is 13.1. The van der Waals surface area contributed by atoms with Gasteiger partial charge in [0.15, 0.2) is 0 Å². The van der Waals surface area contributed by atoms with E-state index in [1.54, 1.807) is 12.1 Å². The van der Waals surface area contributed by atoms with E-state index < -0.39 is 6.36 Å². The molecule has 0 atom stereocenters. The van der Waals surface area contributed by atoms with Crippen LogP contribution < -0.4 is 9.64 Å². The molecule has 0 N–H and O–H groups in total. The number of anilines is 1. The van der Waals surface area contributed by atoms with E-state index >= 15 is 0 Å². The van der Waals surface area contributed by atoms with Crippen molar-refractivity contribution in [1.82, 2.24) is 0 Å². The van der Waals surface area contributed by atoms with Crippen molar-refractivity contribution in [3.05, 3.63) is 47.7 Å². The van der Waals surface area contributed by atoms with Crippen LogP contribution in [0.2, 0.25) is 0 Å². The van der Waals surface area contributed by atoms with Gasteiger partial charge in [0.1, 0.15) is 5.75 Å². The highest BCUT2D eigenvalue weighted by Crippen LogP contribution is 2.27. The summed E-state index contributed by atoms with van der Waals surface area (Å²) < 4.78 is 40.6. The van der Waals surface area contributed by atoms with Crippen LogP contribution in [0.1, 0.15) is 46.5 Å². The van der Waals surface area contributed by atoms with Gasteiger partial charge in [-0.3, -0.25) is 0 Å². The van der Waals surface area contributed by atoms with E-state index in [-0.39, 0.29) is 5.75 Å². The standard InChI is InChI=1S/C19H26F3NO/c1-5-7-9-17(14-15(3)8-6-2)23(4)16-10-12-18(13-11-16)24-19(20,21)22/h8,10-14H,5-7,9H2,1-4H3/b15-8-,17-14-. The fourth-order valence-electron chi connectivity index (χ4n) is 2.38. The first kappa shape index (κ1) is 20.1. The van der Waals surface area contributed by atoms with Gasteiger partial charge in [-0.05, 0) is 56.5 Å². The van der Waals surface area contributed by atoms with Crippen LogP contribution in [-0.2, 0) is 0 Å². The Morgan fingerprint density at radius 2 is 1.79 bits per heavy atom. The third-order valence-corrected chi connectivity index (χ3v) is 3.60. The van der Waals surface area contributed by atoms with Gasteiger partial charge in [0, 0.05) is 18.4 Å². The van der Waals surface area contributed by atoms with Crippen LogP contribution >= 0.6 is 0 Å². The van der Waals surface area contributed by atoms with E-state index in [2.05, 4.69) is 37.7 Å². The molecule has 1 rings (SSSR count). The Morgan fingerprint density at radius 3 is 2.29 bits per heavy atom. The van der Waals surface area contributed by atoms with Crippen LogP contribution in [0.4, 0.5) is 18.9 Å². The Bertz CT molecular complexity index is 559. The number of unbranched alkanes of at least 4 members (excludes halogenated alkanes) is 1. The monoisotopic (exact) mass is 341 g/mol. The molecule has 0 saturated carbocycles. The van der Waals surface area contributed by atoms with Gasteiger partial charge in [-0.2, -0.15) is 0 Å². The summed E-state index contributed by atoms with van der Waals surface area (Å²) in [6.45, 7) is 6.28. The summed E-state index contributed by atoms with van der Waals surface area (Å²) in [5.74, 6) is -0.208. The molecule has 0 fully saturated rings. The van der Waals surface area contributed by atoms with Crippen molar-refractivity contribution >= 4 is 5.69 Å². The Balaban J connectivity index is 2.97. The number of rotatable bonds is 8. The Labute approximate surface area is 142 Å². The second kappa shape index (κ2) is 9.40. The maximum Gasteiger partial charge on any atom is 0.573 e. The Morgan fingerprint density at radius 1 is 1.17 bits per heavy atom. The number of halogens is 3. The highest BCUT2D eigenvalue weighted by molar-refractivity contribution is 5.54. The molecule has 0 spiro atoms. The third kappa shape index (κ3) is 7.11. The lowest BCUT2D eigenvalue weighted by molar-refractivity contribution is -0.274. The Hall–Kier alpha value is -1.91. The maximum absolute atomic E-state index is 12.2. The largest absolute Gasteiger partial charge is 0.573 e. The maximum atomic E-state index is 12.2. The molecule has 0 aliphatic carbocycles. The summed E-state index contributed by atoms with van der Waals surface area (Å²) >= 11 is 0. The summed E-state index contributed by atoms with van der Waals surface area (Å²) in [4.78, 5) is 2.01.